The van der Waals surface area contributed by atoms with E-state index in [1.54, 1.807) is 0 Å². The summed E-state index contributed by atoms with van der Waals surface area (Å²) in [6.45, 7) is 7.78. The van der Waals surface area contributed by atoms with Crippen LogP contribution >= 0.6 is 0 Å². The molecule has 2 N–H and O–H groups in total. The molecule has 6 nitrogen and oxygen atoms in total. The maximum absolute atomic E-state index is 12.2. The van der Waals surface area contributed by atoms with Gasteiger partial charge < -0.3 is 15.4 Å². The lowest BCUT2D eigenvalue weighted by Gasteiger charge is -2.11. The summed E-state index contributed by atoms with van der Waals surface area (Å²) < 4.78 is 5.63. The standard InChI is InChI=1S/C22H24N4O2/c1-14-8-9-20(15(2)10-14)28-13-21(27)25-18-6-5-7-19(12-18)26-22-23-16(3)11-17(4)24-22/h5-12H,13H2,1-4H3,(H,25,27)(H,23,24,26). The first-order valence-corrected chi connectivity index (χ1v) is 9.08. The SMILES string of the molecule is Cc1ccc(OCC(=O)Nc2cccc(Nc3nc(C)cc(C)n3)c2)c(C)c1. The zero-order chi connectivity index (χ0) is 20.1. The summed E-state index contributed by atoms with van der Waals surface area (Å²) in [5.41, 5.74) is 5.41. The molecule has 0 spiro atoms. The molecule has 1 heterocycles. The highest BCUT2D eigenvalue weighted by atomic mass is 16.5. The summed E-state index contributed by atoms with van der Waals surface area (Å²) >= 11 is 0. The van der Waals surface area contributed by atoms with Gasteiger partial charge in [-0.25, -0.2) is 9.97 Å². The van der Waals surface area contributed by atoms with E-state index in [0.29, 0.717) is 17.4 Å². The normalized spacial score (nSPS) is 10.4. The second-order valence-corrected chi connectivity index (χ2v) is 6.79. The molecule has 0 unspecified atom stereocenters. The van der Waals surface area contributed by atoms with E-state index in [4.69, 9.17) is 4.74 Å². The zero-order valence-corrected chi connectivity index (χ0v) is 16.5. The smallest absolute Gasteiger partial charge is 0.262 e. The van der Waals surface area contributed by atoms with Crippen molar-refractivity contribution in [3.8, 4) is 5.75 Å². The maximum Gasteiger partial charge on any atom is 0.262 e. The van der Waals surface area contributed by atoms with Crippen LogP contribution in [0.4, 0.5) is 17.3 Å². The summed E-state index contributed by atoms with van der Waals surface area (Å²) in [5.74, 6) is 1.02. The number of anilines is 3. The van der Waals surface area contributed by atoms with Crippen molar-refractivity contribution in [1.29, 1.82) is 0 Å². The van der Waals surface area contributed by atoms with Crippen molar-refractivity contribution in [2.45, 2.75) is 27.7 Å². The Kier molecular flexibility index (Phi) is 5.89. The number of nitrogens with zero attached hydrogens (tertiary/aromatic N) is 2. The molecule has 28 heavy (non-hydrogen) atoms. The highest BCUT2D eigenvalue weighted by molar-refractivity contribution is 5.92. The van der Waals surface area contributed by atoms with Gasteiger partial charge in [-0.1, -0.05) is 23.8 Å². The fraction of sp³-hybridized carbons (Fsp3) is 0.227. The molecule has 6 heteroatoms. The molecule has 0 fully saturated rings. The summed E-state index contributed by atoms with van der Waals surface area (Å²) in [6, 6.07) is 15.2. The molecular weight excluding hydrogens is 352 g/mol. The molecule has 0 atom stereocenters. The fourth-order valence-electron chi connectivity index (χ4n) is 2.89. The van der Waals surface area contributed by atoms with Gasteiger partial charge in [-0.3, -0.25) is 4.79 Å². The topological polar surface area (TPSA) is 76.1 Å². The van der Waals surface area contributed by atoms with E-state index in [-0.39, 0.29) is 12.5 Å². The Morgan fingerprint density at radius 2 is 1.64 bits per heavy atom. The summed E-state index contributed by atoms with van der Waals surface area (Å²) in [4.78, 5) is 21.0. The van der Waals surface area contributed by atoms with Gasteiger partial charge in [-0.2, -0.15) is 0 Å². The average Bonchev–Trinajstić information content (AvgIpc) is 2.60. The monoisotopic (exact) mass is 376 g/mol. The average molecular weight is 376 g/mol. The van der Waals surface area contributed by atoms with Crippen molar-refractivity contribution >= 4 is 23.2 Å². The first-order valence-electron chi connectivity index (χ1n) is 9.08. The predicted octanol–water partition coefficient (Wildman–Crippen LogP) is 4.47. The Bertz CT molecular complexity index is 981. The second-order valence-electron chi connectivity index (χ2n) is 6.79. The number of carbonyl (C=O) groups excluding carboxylic acids is 1. The molecule has 1 amide bonds. The van der Waals surface area contributed by atoms with Gasteiger partial charge in [0.15, 0.2) is 6.61 Å². The number of rotatable bonds is 6. The van der Waals surface area contributed by atoms with E-state index in [1.165, 1.54) is 0 Å². The van der Waals surface area contributed by atoms with Gasteiger partial charge in [0, 0.05) is 22.8 Å². The quantitative estimate of drug-likeness (QED) is 0.664. The largest absolute Gasteiger partial charge is 0.483 e. The summed E-state index contributed by atoms with van der Waals surface area (Å²) in [5, 5.41) is 6.01. The number of hydrogen-bond acceptors (Lipinski definition) is 5. The molecule has 2 aromatic carbocycles. The highest BCUT2D eigenvalue weighted by Crippen LogP contribution is 2.20. The van der Waals surface area contributed by atoms with E-state index < -0.39 is 0 Å². The number of carbonyl (C=O) groups is 1. The van der Waals surface area contributed by atoms with Crippen LogP contribution in [0.2, 0.25) is 0 Å². The molecule has 0 aliphatic carbocycles. The number of hydrogen-bond donors (Lipinski definition) is 2. The van der Waals surface area contributed by atoms with Crippen LogP contribution in [0, 0.1) is 27.7 Å². The zero-order valence-electron chi connectivity index (χ0n) is 16.5. The van der Waals surface area contributed by atoms with E-state index in [0.717, 1.165) is 28.2 Å². The number of amides is 1. The molecule has 0 radical (unpaired) electrons. The third-order valence-corrected chi connectivity index (χ3v) is 4.07. The molecule has 0 saturated heterocycles. The van der Waals surface area contributed by atoms with Crippen molar-refractivity contribution in [3.63, 3.8) is 0 Å². The molecule has 3 aromatic rings. The molecule has 144 valence electrons. The van der Waals surface area contributed by atoms with Crippen LogP contribution < -0.4 is 15.4 Å². The third kappa shape index (κ3) is 5.30. The summed E-state index contributed by atoms with van der Waals surface area (Å²) in [6.07, 6.45) is 0. The van der Waals surface area contributed by atoms with Gasteiger partial charge >= 0.3 is 0 Å². The van der Waals surface area contributed by atoms with Crippen LogP contribution in [-0.2, 0) is 4.79 Å². The van der Waals surface area contributed by atoms with Crippen molar-refractivity contribution < 1.29 is 9.53 Å². The first-order chi connectivity index (χ1) is 13.4. The molecule has 1 aromatic heterocycles. The van der Waals surface area contributed by atoms with Gasteiger partial charge in [0.2, 0.25) is 5.95 Å². The second kappa shape index (κ2) is 8.52. The Hall–Kier alpha value is -3.41. The van der Waals surface area contributed by atoms with Crippen LogP contribution in [0.5, 0.6) is 5.75 Å². The van der Waals surface area contributed by atoms with E-state index in [2.05, 4.69) is 20.6 Å². The molecule has 0 saturated carbocycles. The fourth-order valence-corrected chi connectivity index (χ4v) is 2.89. The highest BCUT2D eigenvalue weighted by Gasteiger charge is 2.07. The van der Waals surface area contributed by atoms with Crippen molar-refractivity contribution in [1.82, 2.24) is 9.97 Å². The third-order valence-electron chi connectivity index (χ3n) is 4.07. The van der Waals surface area contributed by atoms with Crippen LogP contribution in [0.15, 0.2) is 48.5 Å². The molecular formula is C22H24N4O2. The Labute approximate surface area is 165 Å². The van der Waals surface area contributed by atoms with E-state index in [1.807, 2.05) is 76.2 Å². The van der Waals surface area contributed by atoms with E-state index in [9.17, 15) is 4.79 Å². The number of aromatic nitrogens is 2. The van der Waals surface area contributed by atoms with Gasteiger partial charge in [0.25, 0.3) is 5.91 Å². The van der Waals surface area contributed by atoms with E-state index >= 15 is 0 Å². The van der Waals surface area contributed by atoms with Crippen LogP contribution in [0.1, 0.15) is 22.5 Å². The Balaban J connectivity index is 1.61. The molecule has 0 aliphatic rings. The Morgan fingerprint density at radius 1 is 0.929 bits per heavy atom. The molecule has 0 aliphatic heterocycles. The summed E-state index contributed by atoms with van der Waals surface area (Å²) in [7, 11) is 0. The van der Waals surface area contributed by atoms with Gasteiger partial charge in [0.05, 0.1) is 0 Å². The minimum Gasteiger partial charge on any atom is -0.483 e. The lowest BCUT2D eigenvalue weighted by atomic mass is 10.1. The van der Waals surface area contributed by atoms with Gasteiger partial charge in [0.1, 0.15) is 5.75 Å². The first kappa shape index (κ1) is 19.4. The number of aryl methyl sites for hydroxylation is 4. The molecule has 0 bridgehead atoms. The van der Waals surface area contributed by atoms with Crippen molar-refractivity contribution in [2.24, 2.45) is 0 Å². The van der Waals surface area contributed by atoms with Gasteiger partial charge in [-0.05, 0) is 63.6 Å². The van der Waals surface area contributed by atoms with Crippen LogP contribution in [-0.4, -0.2) is 22.5 Å². The van der Waals surface area contributed by atoms with Gasteiger partial charge in [-0.15, -0.1) is 0 Å². The number of benzene rings is 2. The van der Waals surface area contributed by atoms with Crippen molar-refractivity contribution in [3.05, 3.63) is 71.0 Å². The minimum absolute atomic E-state index is 0.0538. The maximum atomic E-state index is 12.2. The predicted molar refractivity (Wildman–Crippen MR) is 111 cm³/mol. The minimum atomic E-state index is -0.222. The van der Waals surface area contributed by atoms with Crippen LogP contribution in [0.3, 0.4) is 0 Å². The number of nitrogens with one attached hydrogen (secondary N) is 2. The lowest BCUT2D eigenvalue weighted by Crippen LogP contribution is -2.20. The van der Waals surface area contributed by atoms with Crippen molar-refractivity contribution in [2.75, 3.05) is 17.2 Å². The lowest BCUT2D eigenvalue weighted by molar-refractivity contribution is -0.118. The molecule has 3 rings (SSSR count). The number of ether oxygens (including phenoxy) is 1. The van der Waals surface area contributed by atoms with Crippen LogP contribution in [0.25, 0.3) is 0 Å². The Morgan fingerprint density at radius 3 is 2.36 bits per heavy atom.